The Morgan fingerprint density at radius 3 is 2.82 bits per heavy atom. The van der Waals surface area contributed by atoms with Gasteiger partial charge in [-0.15, -0.1) is 0 Å². The van der Waals surface area contributed by atoms with E-state index in [9.17, 15) is 9.90 Å². The molecule has 0 spiro atoms. The average molecular weight is 256 g/mol. The number of amides is 1. The van der Waals surface area contributed by atoms with E-state index < -0.39 is 0 Å². The van der Waals surface area contributed by atoms with Gasteiger partial charge >= 0.3 is 0 Å². The smallest absolute Gasteiger partial charge is 0.222 e. The van der Waals surface area contributed by atoms with Gasteiger partial charge in [0.25, 0.3) is 0 Å². The first kappa shape index (κ1) is 13.8. The average Bonchev–Trinajstić information content (AvgIpc) is 2.32. The number of halogens is 1. The number of hydrogen-bond acceptors (Lipinski definition) is 2. The van der Waals surface area contributed by atoms with Crippen LogP contribution in [-0.4, -0.2) is 17.6 Å². The molecule has 1 amide bonds. The van der Waals surface area contributed by atoms with Crippen LogP contribution in [0.2, 0.25) is 5.02 Å². The molecule has 94 valence electrons. The lowest BCUT2D eigenvalue weighted by atomic mass is 10.1. The Bertz CT molecular complexity index is 393. The van der Waals surface area contributed by atoms with Crippen molar-refractivity contribution in [2.75, 3.05) is 6.54 Å². The minimum atomic E-state index is 0.0541. The van der Waals surface area contributed by atoms with Gasteiger partial charge in [0.15, 0.2) is 0 Å². The predicted molar refractivity (Wildman–Crippen MR) is 69.3 cm³/mol. The molecule has 2 N–H and O–H groups in total. The first-order valence-corrected chi connectivity index (χ1v) is 6.17. The van der Waals surface area contributed by atoms with Gasteiger partial charge in [-0.25, -0.2) is 0 Å². The molecule has 0 saturated carbocycles. The molecule has 0 aliphatic rings. The molecule has 0 saturated heterocycles. The molecule has 17 heavy (non-hydrogen) atoms. The molecule has 1 aromatic rings. The molecule has 4 heteroatoms. The van der Waals surface area contributed by atoms with Gasteiger partial charge in [0.1, 0.15) is 5.75 Å². The molecule has 0 aliphatic heterocycles. The van der Waals surface area contributed by atoms with Gasteiger partial charge in [0, 0.05) is 12.5 Å². The van der Waals surface area contributed by atoms with Crippen LogP contribution in [0.25, 0.3) is 0 Å². The van der Waals surface area contributed by atoms with Crippen molar-refractivity contribution in [3.63, 3.8) is 0 Å². The van der Waals surface area contributed by atoms with Crippen LogP contribution >= 0.6 is 11.6 Å². The van der Waals surface area contributed by atoms with Crippen molar-refractivity contribution >= 4 is 17.5 Å². The summed E-state index contributed by atoms with van der Waals surface area (Å²) in [6.45, 7) is 4.49. The zero-order chi connectivity index (χ0) is 12.8. The fourth-order valence-electron chi connectivity index (χ4n) is 1.40. The maximum absolute atomic E-state index is 11.5. The molecule has 0 bridgehead atoms. The number of benzene rings is 1. The number of rotatable bonds is 5. The largest absolute Gasteiger partial charge is 0.506 e. The fourth-order valence-corrected chi connectivity index (χ4v) is 1.60. The zero-order valence-electron chi connectivity index (χ0n) is 10.2. The number of phenols is 1. The Labute approximate surface area is 107 Å². The third-order valence-corrected chi connectivity index (χ3v) is 3.09. The van der Waals surface area contributed by atoms with Crippen LogP contribution in [0, 0.1) is 5.92 Å². The molecule has 0 fully saturated rings. The lowest BCUT2D eigenvalue weighted by Crippen LogP contribution is -2.30. The summed E-state index contributed by atoms with van der Waals surface area (Å²) < 4.78 is 0. The summed E-state index contributed by atoms with van der Waals surface area (Å²) in [4.78, 5) is 11.5. The molecule has 3 nitrogen and oxygen atoms in total. The van der Waals surface area contributed by atoms with Crippen molar-refractivity contribution in [1.29, 1.82) is 0 Å². The van der Waals surface area contributed by atoms with Crippen molar-refractivity contribution in [3.05, 3.63) is 28.8 Å². The fraction of sp³-hybridized carbons (Fsp3) is 0.462. The topological polar surface area (TPSA) is 49.3 Å². The summed E-state index contributed by atoms with van der Waals surface area (Å²) in [6.07, 6.45) is 1.55. The Kier molecular flexibility index (Phi) is 5.29. The molecule has 1 rings (SSSR count). The maximum Gasteiger partial charge on any atom is 0.222 e. The second kappa shape index (κ2) is 6.50. The monoisotopic (exact) mass is 255 g/mol. The van der Waals surface area contributed by atoms with Gasteiger partial charge < -0.3 is 10.4 Å². The van der Waals surface area contributed by atoms with Gasteiger partial charge in [0.2, 0.25) is 5.91 Å². The predicted octanol–water partition coefficient (Wildman–Crippen LogP) is 2.75. The van der Waals surface area contributed by atoms with E-state index in [0.717, 1.165) is 12.0 Å². The van der Waals surface area contributed by atoms with E-state index in [2.05, 4.69) is 5.32 Å². The second-order valence-electron chi connectivity index (χ2n) is 4.14. The van der Waals surface area contributed by atoms with Crippen molar-refractivity contribution in [3.8, 4) is 5.75 Å². The third kappa shape index (κ3) is 4.27. The first-order valence-electron chi connectivity index (χ1n) is 5.79. The summed E-state index contributed by atoms with van der Waals surface area (Å²) >= 11 is 5.79. The van der Waals surface area contributed by atoms with E-state index >= 15 is 0 Å². The van der Waals surface area contributed by atoms with Gasteiger partial charge in [-0.1, -0.05) is 31.5 Å². The normalized spacial score (nSPS) is 12.2. The molecule has 1 unspecified atom stereocenters. The van der Waals surface area contributed by atoms with Crippen LogP contribution < -0.4 is 5.32 Å². The molecule has 1 atom stereocenters. The van der Waals surface area contributed by atoms with E-state index in [1.54, 1.807) is 18.2 Å². The SMILES string of the molecule is CCC(C)C(=O)NCCc1ccc(O)c(Cl)c1. The number of nitrogens with one attached hydrogen (secondary N) is 1. The number of hydrogen-bond donors (Lipinski definition) is 2. The van der Waals surface area contributed by atoms with Crippen LogP contribution in [0.15, 0.2) is 18.2 Å². The van der Waals surface area contributed by atoms with Gasteiger partial charge in [-0.2, -0.15) is 0 Å². The van der Waals surface area contributed by atoms with Gasteiger partial charge in [-0.3, -0.25) is 4.79 Å². The van der Waals surface area contributed by atoms with E-state index in [1.807, 2.05) is 13.8 Å². The second-order valence-corrected chi connectivity index (χ2v) is 4.54. The lowest BCUT2D eigenvalue weighted by Gasteiger charge is -2.10. The third-order valence-electron chi connectivity index (χ3n) is 2.78. The lowest BCUT2D eigenvalue weighted by molar-refractivity contribution is -0.124. The Hall–Kier alpha value is -1.22. The highest BCUT2D eigenvalue weighted by atomic mass is 35.5. The summed E-state index contributed by atoms with van der Waals surface area (Å²) in [5.74, 6) is 0.217. The number of carbonyl (C=O) groups excluding carboxylic acids is 1. The highest BCUT2D eigenvalue weighted by Gasteiger charge is 2.09. The van der Waals surface area contributed by atoms with Crippen molar-refractivity contribution in [1.82, 2.24) is 5.32 Å². The van der Waals surface area contributed by atoms with E-state index in [0.29, 0.717) is 18.0 Å². The maximum atomic E-state index is 11.5. The number of carbonyl (C=O) groups is 1. The molecule has 0 aliphatic carbocycles. The zero-order valence-corrected chi connectivity index (χ0v) is 10.9. The van der Waals surface area contributed by atoms with Crippen LogP contribution in [0.4, 0.5) is 0 Å². The molecular formula is C13H18ClNO2. The van der Waals surface area contributed by atoms with E-state index in [-0.39, 0.29) is 17.6 Å². The highest BCUT2D eigenvalue weighted by Crippen LogP contribution is 2.23. The van der Waals surface area contributed by atoms with Crippen LogP contribution in [0.5, 0.6) is 5.75 Å². The Balaban J connectivity index is 2.41. The summed E-state index contributed by atoms with van der Waals surface area (Å²) in [7, 11) is 0. The quantitative estimate of drug-likeness (QED) is 0.850. The molecule has 0 aromatic heterocycles. The molecular weight excluding hydrogens is 238 g/mol. The van der Waals surface area contributed by atoms with Gasteiger partial charge in [-0.05, 0) is 30.5 Å². The van der Waals surface area contributed by atoms with Crippen LogP contribution in [0.1, 0.15) is 25.8 Å². The number of aromatic hydroxyl groups is 1. The van der Waals surface area contributed by atoms with Crippen LogP contribution in [-0.2, 0) is 11.2 Å². The molecule has 0 radical (unpaired) electrons. The molecule has 0 heterocycles. The summed E-state index contributed by atoms with van der Waals surface area (Å²) in [5, 5.41) is 12.5. The highest BCUT2D eigenvalue weighted by molar-refractivity contribution is 6.32. The summed E-state index contributed by atoms with van der Waals surface area (Å²) in [6, 6.07) is 5.08. The first-order chi connectivity index (χ1) is 8.04. The van der Waals surface area contributed by atoms with Crippen molar-refractivity contribution < 1.29 is 9.90 Å². The Morgan fingerprint density at radius 1 is 1.53 bits per heavy atom. The van der Waals surface area contributed by atoms with Crippen molar-refractivity contribution in [2.24, 2.45) is 5.92 Å². The van der Waals surface area contributed by atoms with E-state index in [4.69, 9.17) is 11.6 Å². The Morgan fingerprint density at radius 2 is 2.24 bits per heavy atom. The van der Waals surface area contributed by atoms with E-state index in [1.165, 1.54) is 0 Å². The summed E-state index contributed by atoms with van der Waals surface area (Å²) in [5.41, 5.74) is 0.997. The molecule has 1 aromatic carbocycles. The standard InChI is InChI=1S/C13H18ClNO2/c1-3-9(2)13(17)15-7-6-10-4-5-12(16)11(14)8-10/h4-5,8-9,16H,3,6-7H2,1-2H3,(H,15,17). The minimum Gasteiger partial charge on any atom is -0.506 e. The minimum absolute atomic E-state index is 0.0541. The van der Waals surface area contributed by atoms with Crippen molar-refractivity contribution in [2.45, 2.75) is 26.7 Å². The number of phenolic OH excluding ortho intramolecular Hbond substituents is 1. The van der Waals surface area contributed by atoms with Crippen LogP contribution in [0.3, 0.4) is 0 Å². The van der Waals surface area contributed by atoms with Gasteiger partial charge in [0.05, 0.1) is 5.02 Å².